The van der Waals surface area contributed by atoms with E-state index < -0.39 is 58.0 Å². The summed E-state index contributed by atoms with van der Waals surface area (Å²) in [4.78, 5) is 8.89. The van der Waals surface area contributed by atoms with E-state index in [1.54, 1.807) is 13.0 Å². The summed E-state index contributed by atoms with van der Waals surface area (Å²) in [6.07, 6.45) is -2.15. The summed E-state index contributed by atoms with van der Waals surface area (Å²) in [6.45, 7) is 4.90. The summed E-state index contributed by atoms with van der Waals surface area (Å²) < 4.78 is 70.4. The van der Waals surface area contributed by atoms with Crippen LogP contribution in [0.15, 0.2) is 41.6 Å². The average Bonchev–Trinajstić information content (AvgIpc) is 3.71. The van der Waals surface area contributed by atoms with Gasteiger partial charge in [-0.3, -0.25) is 4.68 Å². The van der Waals surface area contributed by atoms with Crippen LogP contribution < -0.4 is 0 Å². The Hall–Kier alpha value is -3.38. The summed E-state index contributed by atoms with van der Waals surface area (Å²) in [6, 6.07) is 4.59. The van der Waals surface area contributed by atoms with Crippen LogP contribution in [-0.2, 0) is 19.3 Å². The predicted molar refractivity (Wildman–Crippen MR) is 165 cm³/mol. The quantitative estimate of drug-likeness (QED) is 0.238. The lowest BCUT2D eigenvalue weighted by atomic mass is 9.89. The van der Waals surface area contributed by atoms with Gasteiger partial charge in [-0.2, -0.15) is 10.2 Å². The third kappa shape index (κ3) is 5.61. The lowest BCUT2D eigenvalue weighted by molar-refractivity contribution is -0.230. The molecule has 12 nitrogen and oxygen atoms in total. The highest BCUT2D eigenvalue weighted by molar-refractivity contribution is 7.90. The van der Waals surface area contributed by atoms with Gasteiger partial charge in [-0.1, -0.05) is 11.6 Å². The minimum absolute atomic E-state index is 0.0545. The van der Waals surface area contributed by atoms with Crippen molar-refractivity contribution < 1.29 is 36.9 Å². The fourth-order valence-electron chi connectivity index (χ4n) is 5.78. The normalized spacial score (nSPS) is 22.9. The smallest absolute Gasteiger partial charge is 0.178 e. The lowest BCUT2D eigenvalue weighted by Crippen LogP contribution is -2.56. The number of hydrogen-bond acceptors (Lipinski definition) is 11. The van der Waals surface area contributed by atoms with E-state index in [4.69, 9.17) is 21.1 Å². The number of aromatic nitrogens is 6. The Labute approximate surface area is 271 Å². The molecule has 5 aromatic rings. The molecule has 6 rings (SSSR count). The Kier molecular flexibility index (Phi) is 8.50. The van der Waals surface area contributed by atoms with Crippen LogP contribution in [0.25, 0.3) is 27.0 Å². The molecule has 6 atom stereocenters. The van der Waals surface area contributed by atoms with E-state index >= 15 is 0 Å². The minimum Gasteiger partial charge on any atom is -0.391 e. The summed E-state index contributed by atoms with van der Waals surface area (Å²) in [5.74, 6) is -2.07. The highest BCUT2D eigenvalue weighted by Crippen LogP contribution is 2.42. The number of sulfone groups is 1. The molecule has 0 aliphatic carbocycles. The molecule has 0 radical (unpaired) electrons. The van der Waals surface area contributed by atoms with Crippen molar-refractivity contribution in [2.75, 3.05) is 13.4 Å². The number of aliphatic hydroxyl groups is 2. The number of ether oxygens (including phenoxy) is 2. The number of halogens is 3. The first-order chi connectivity index (χ1) is 21.7. The van der Waals surface area contributed by atoms with Crippen LogP contribution in [0.5, 0.6) is 0 Å². The van der Waals surface area contributed by atoms with Crippen LogP contribution in [0, 0.1) is 25.5 Å². The van der Waals surface area contributed by atoms with Crippen LogP contribution >= 0.6 is 22.9 Å². The summed E-state index contributed by atoms with van der Waals surface area (Å²) in [5, 5.41) is 31.9. The predicted octanol–water partition coefficient (Wildman–Crippen LogP) is 4.13. The van der Waals surface area contributed by atoms with Gasteiger partial charge in [-0.15, -0.1) is 11.3 Å². The second-order valence-electron chi connectivity index (χ2n) is 11.1. The molecule has 0 amide bonds. The number of methoxy groups -OCH3 is 1. The molecule has 1 aliphatic rings. The molecule has 3 aromatic heterocycles. The van der Waals surface area contributed by atoms with Crippen molar-refractivity contribution in [1.82, 2.24) is 29.5 Å². The van der Waals surface area contributed by atoms with Crippen molar-refractivity contribution >= 4 is 43.0 Å². The van der Waals surface area contributed by atoms with Crippen LogP contribution in [0.2, 0.25) is 5.02 Å². The van der Waals surface area contributed by atoms with E-state index in [0.717, 1.165) is 11.3 Å². The Morgan fingerprint density at radius 1 is 1.17 bits per heavy atom. The zero-order valence-corrected chi connectivity index (χ0v) is 27.5. The molecule has 1 fully saturated rings. The van der Waals surface area contributed by atoms with Gasteiger partial charge < -0.3 is 19.7 Å². The van der Waals surface area contributed by atoms with Crippen molar-refractivity contribution in [3.8, 4) is 16.8 Å². The van der Waals surface area contributed by atoms with E-state index in [9.17, 15) is 27.4 Å². The molecular weight excluding hydrogens is 666 g/mol. The number of nitrogens with zero attached hydrogens (tertiary/aromatic N) is 6. The number of aliphatic hydroxyl groups excluding tert-OH is 2. The van der Waals surface area contributed by atoms with Gasteiger partial charge in [0.25, 0.3) is 0 Å². The van der Waals surface area contributed by atoms with E-state index in [1.165, 1.54) is 65.3 Å². The van der Waals surface area contributed by atoms with Gasteiger partial charge >= 0.3 is 0 Å². The second kappa shape index (κ2) is 12.0. The highest BCUT2D eigenvalue weighted by Gasteiger charge is 2.51. The Bertz CT molecular complexity index is 2070. The third-order valence-corrected chi connectivity index (χ3v) is 10.2. The molecule has 3 unspecified atom stereocenters. The number of fused-ring (bicyclic) bond motifs is 1. The topological polar surface area (TPSA) is 154 Å². The van der Waals surface area contributed by atoms with Crippen molar-refractivity contribution in [3.63, 3.8) is 0 Å². The van der Waals surface area contributed by atoms with Gasteiger partial charge in [0.05, 0.1) is 43.1 Å². The van der Waals surface area contributed by atoms with E-state index in [-0.39, 0.29) is 38.4 Å². The maximum absolute atomic E-state index is 14.8. The van der Waals surface area contributed by atoms with Crippen LogP contribution in [0.1, 0.15) is 35.7 Å². The van der Waals surface area contributed by atoms with Gasteiger partial charge in [0.1, 0.15) is 36.3 Å². The molecule has 4 heterocycles. The molecule has 2 aromatic carbocycles. The molecule has 0 bridgehead atoms. The van der Waals surface area contributed by atoms with Crippen molar-refractivity contribution in [2.45, 2.75) is 62.2 Å². The zero-order chi connectivity index (χ0) is 33.2. The standard InChI is InChI=1S/C29H29ClF2N6O6S2/c1-12(39)26-27(43-4)24(37-11-15(10-33-37)16-6-7-17(30)23(32)22(16)31)25(40)28(44-26)29-34-13(2)36-38(29)19-9-20-18(35-14(3)45-20)8-21(19)46(5,41)42/h6-12,24-28,39-40H,1-5H3/t12?,24?,25-,26?,27+,28+/m0/s1. The number of thiazole rings is 1. The summed E-state index contributed by atoms with van der Waals surface area (Å²) >= 11 is 7.10. The van der Waals surface area contributed by atoms with E-state index in [0.29, 0.717) is 10.2 Å². The van der Waals surface area contributed by atoms with Crippen LogP contribution in [0.3, 0.4) is 0 Å². The fourth-order valence-corrected chi connectivity index (χ4v) is 7.62. The second-order valence-corrected chi connectivity index (χ2v) is 14.7. The number of rotatable bonds is 7. The third-order valence-electron chi connectivity index (χ3n) is 7.82. The summed E-state index contributed by atoms with van der Waals surface area (Å²) in [7, 11) is -2.43. The largest absolute Gasteiger partial charge is 0.391 e. The minimum atomic E-state index is -3.81. The summed E-state index contributed by atoms with van der Waals surface area (Å²) in [5.41, 5.74) is 0.759. The molecule has 1 aliphatic heterocycles. The van der Waals surface area contributed by atoms with Gasteiger partial charge in [0, 0.05) is 30.7 Å². The first-order valence-corrected chi connectivity index (χ1v) is 17.1. The highest BCUT2D eigenvalue weighted by atomic mass is 35.5. The maximum Gasteiger partial charge on any atom is 0.178 e. The van der Waals surface area contributed by atoms with Gasteiger partial charge in [0.2, 0.25) is 0 Å². The zero-order valence-electron chi connectivity index (χ0n) is 25.1. The van der Waals surface area contributed by atoms with Crippen LogP contribution in [-0.4, -0.2) is 85.9 Å². The number of benzene rings is 2. The van der Waals surface area contributed by atoms with Gasteiger partial charge in [-0.05, 0) is 45.0 Å². The molecule has 46 heavy (non-hydrogen) atoms. The molecular formula is C29H29ClF2N6O6S2. The van der Waals surface area contributed by atoms with Gasteiger partial charge in [0.15, 0.2) is 27.3 Å². The Balaban J connectivity index is 1.49. The van der Waals surface area contributed by atoms with E-state index in [1.807, 2.05) is 6.92 Å². The molecule has 0 spiro atoms. The first kappa shape index (κ1) is 32.6. The Morgan fingerprint density at radius 3 is 2.59 bits per heavy atom. The van der Waals surface area contributed by atoms with Crippen molar-refractivity contribution in [2.24, 2.45) is 0 Å². The number of hydrogen-bond donors (Lipinski definition) is 2. The van der Waals surface area contributed by atoms with Gasteiger partial charge in [-0.25, -0.2) is 31.8 Å². The lowest BCUT2D eigenvalue weighted by Gasteiger charge is -2.45. The first-order valence-electron chi connectivity index (χ1n) is 14.0. The van der Waals surface area contributed by atoms with E-state index in [2.05, 4.69) is 20.2 Å². The molecule has 17 heteroatoms. The molecule has 0 saturated carbocycles. The van der Waals surface area contributed by atoms with Crippen molar-refractivity contribution in [3.05, 3.63) is 70.0 Å². The SMILES string of the molecule is CO[C@H]1C(C(C)O)O[C@@H](c2nc(C)nn2-c2cc3sc(C)nc3cc2S(C)(=O)=O)[C@@H](O)C1n1cc(-c2ccc(Cl)c(F)c2F)cn1. The fraction of sp³-hybridized carbons (Fsp3) is 0.379. The van der Waals surface area contributed by atoms with Crippen LogP contribution in [0.4, 0.5) is 8.78 Å². The molecule has 2 N–H and O–H groups in total. The molecule has 244 valence electrons. The van der Waals surface area contributed by atoms with Crippen molar-refractivity contribution in [1.29, 1.82) is 0 Å². The monoisotopic (exact) mass is 694 g/mol. The molecule has 1 saturated heterocycles. The average molecular weight is 695 g/mol. The maximum atomic E-state index is 14.8. The Morgan fingerprint density at radius 2 is 1.91 bits per heavy atom. The number of aryl methyl sites for hydroxylation is 2.